The second kappa shape index (κ2) is 4.45. The quantitative estimate of drug-likeness (QED) is 0.751. The maximum Gasteiger partial charge on any atom is 0.146 e. The highest BCUT2D eigenvalue weighted by Crippen LogP contribution is 2.26. The Morgan fingerprint density at radius 3 is 2.81 bits per heavy atom. The molecule has 4 nitrogen and oxygen atoms in total. The number of aromatic nitrogens is 3. The van der Waals surface area contributed by atoms with Gasteiger partial charge in [0, 0.05) is 12.3 Å². The number of rotatable bonds is 2. The van der Waals surface area contributed by atoms with Crippen molar-refractivity contribution in [3.63, 3.8) is 0 Å². The predicted molar refractivity (Wildman–Crippen MR) is 61.6 cm³/mol. The molecule has 5 heteroatoms. The third kappa shape index (κ3) is 2.12. The Kier molecular flexibility index (Phi) is 3.01. The first-order valence-electron chi connectivity index (χ1n) is 4.71. The van der Waals surface area contributed by atoms with Crippen LogP contribution in [0.25, 0.3) is 11.4 Å². The number of ether oxygens (including phenoxy) is 1. The summed E-state index contributed by atoms with van der Waals surface area (Å²) in [5, 5.41) is 0.398. The Morgan fingerprint density at radius 2 is 2.12 bits per heavy atom. The lowest BCUT2D eigenvalue weighted by molar-refractivity contribution is 0.414. The minimum absolute atomic E-state index is 0.398. The molecule has 16 heavy (non-hydrogen) atoms. The largest absolute Gasteiger partial charge is 0.494 e. The summed E-state index contributed by atoms with van der Waals surface area (Å²) in [6.07, 6.45) is 1.68. The summed E-state index contributed by atoms with van der Waals surface area (Å²) in [6.45, 7) is 1.78. The van der Waals surface area contributed by atoms with Crippen molar-refractivity contribution in [3.05, 3.63) is 35.4 Å². The zero-order chi connectivity index (χ0) is 11.5. The molecule has 0 aliphatic rings. The van der Waals surface area contributed by atoms with E-state index < -0.39 is 0 Å². The van der Waals surface area contributed by atoms with Crippen LogP contribution in [0.5, 0.6) is 5.75 Å². The standard InChI is InChI=1S/C11H10ClN3O/c1-7-14-8(6-10(12)15-7)11-9(16-2)4-3-5-13-11/h3-6H,1-2H3. The van der Waals surface area contributed by atoms with Crippen molar-refractivity contribution in [1.29, 1.82) is 0 Å². The van der Waals surface area contributed by atoms with Crippen LogP contribution in [-0.4, -0.2) is 22.1 Å². The Balaban J connectivity index is 2.58. The summed E-state index contributed by atoms with van der Waals surface area (Å²) in [6, 6.07) is 5.30. The van der Waals surface area contributed by atoms with Crippen LogP contribution in [0.3, 0.4) is 0 Å². The van der Waals surface area contributed by atoms with Crippen LogP contribution in [0.2, 0.25) is 5.15 Å². The minimum atomic E-state index is 0.398. The van der Waals surface area contributed by atoms with Gasteiger partial charge < -0.3 is 4.74 Å². The summed E-state index contributed by atoms with van der Waals surface area (Å²) in [4.78, 5) is 12.5. The number of hydrogen-bond donors (Lipinski definition) is 0. The van der Waals surface area contributed by atoms with Crippen LogP contribution < -0.4 is 4.74 Å². The van der Waals surface area contributed by atoms with E-state index in [4.69, 9.17) is 16.3 Å². The highest BCUT2D eigenvalue weighted by Gasteiger charge is 2.09. The van der Waals surface area contributed by atoms with Crippen molar-refractivity contribution in [2.75, 3.05) is 7.11 Å². The van der Waals surface area contributed by atoms with E-state index in [1.54, 1.807) is 32.4 Å². The van der Waals surface area contributed by atoms with E-state index in [-0.39, 0.29) is 0 Å². The predicted octanol–water partition coefficient (Wildman–Crippen LogP) is 2.51. The van der Waals surface area contributed by atoms with Gasteiger partial charge in [0.25, 0.3) is 0 Å². The van der Waals surface area contributed by atoms with Crippen LogP contribution in [0.4, 0.5) is 0 Å². The Hall–Kier alpha value is -1.68. The van der Waals surface area contributed by atoms with Gasteiger partial charge >= 0.3 is 0 Å². The molecule has 0 amide bonds. The smallest absolute Gasteiger partial charge is 0.146 e. The second-order valence-corrected chi connectivity index (χ2v) is 3.56. The fourth-order valence-corrected chi connectivity index (χ4v) is 1.63. The normalized spacial score (nSPS) is 10.2. The summed E-state index contributed by atoms with van der Waals surface area (Å²) in [5.41, 5.74) is 1.33. The molecule has 0 saturated carbocycles. The molecule has 82 valence electrons. The average molecular weight is 236 g/mol. The van der Waals surface area contributed by atoms with Crippen LogP contribution in [-0.2, 0) is 0 Å². The molecular weight excluding hydrogens is 226 g/mol. The number of hydrogen-bond acceptors (Lipinski definition) is 4. The molecule has 2 aromatic rings. The maximum atomic E-state index is 5.88. The van der Waals surface area contributed by atoms with Crippen molar-refractivity contribution < 1.29 is 4.74 Å². The summed E-state index contributed by atoms with van der Waals surface area (Å²) in [7, 11) is 1.59. The third-order valence-electron chi connectivity index (χ3n) is 2.04. The molecule has 0 unspecified atom stereocenters. The van der Waals surface area contributed by atoms with E-state index in [1.165, 1.54) is 0 Å². The molecule has 0 aliphatic carbocycles. The van der Waals surface area contributed by atoms with E-state index in [0.29, 0.717) is 28.1 Å². The van der Waals surface area contributed by atoms with Crippen molar-refractivity contribution in [1.82, 2.24) is 15.0 Å². The van der Waals surface area contributed by atoms with Gasteiger partial charge in [-0.3, -0.25) is 4.98 Å². The Bertz CT molecular complexity index is 496. The molecular formula is C11H10ClN3O. The van der Waals surface area contributed by atoms with Gasteiger partial charge in [-0.05, 0) is 19.1 Å². The second-order valence-electron chi connectivity index (χ2n) is 3.18. The third-order valence-corrected chi connectivity index (χ3v) is 2.23. The van der Waals surface area contributed by atoms with Gasteiger partial charge in [0.05, 0.1) is 12.8 Å². The number of pyridine rings is 1. The number of halogens is 1. The van der Waals surface area contributed by atoms with E-state index >= 15 is 0 Å². The number of aryl methyl sites for hydroxylation is 1. The van der Waals surface area contributed by atoms with Crippen LogP contribution in [0.15, 0.2) is 24.4 Å². The molecule has 0 aromatic carbocycles. The first kappa shape index (κ1) is 10.8. The van der Waals surface area contributed by atoms with Gasteiger partial charge in [0.15, 0.2) is 0 Å². The van der Waals surface area contributed by atoms with Crippen molar-refractivity contribution in [2.45, 2.75) is 6.92 Å². The first-order chi connectivity index (χ1) is 7.70. The fraction of sp³-hybridized carbons (Fsp3) is 0.182. The molecule has 0 atom stereocenters. The van der Waals surface area contributed by atoms with E-state index in [0.717, 1.165) is 0 Å². The molecule has 0 N–H and O–H groups in total. The molecule has 0 spiro atoms. The Labute approximate surface area is 98.3 Å². The molecule has 0 saturated heterocycles. The number of methoxy groups -OCH3 is 1. The number of nitrogens with zero attached hydrogens (tertiary/aromatic N) is 3. The Morgan fingerprint density at radius 1 is 1.31 bits per heavy atom. The van der Waals surface area contributed by atoms with E-state index in [9.17, 15) is 0 Å². The highest BCUT2D eigenvalue weighted by atomic mass is 35.5. The zero-order valence-electron chi connectivity index (χ0n) is 8.94. The van der Waals surface area contributed by atoms with Crippen LogP contribution in [0.1, 0.15) is 5.82 Å². The summed E-state index contributed by atoms with van der Waals surface area (Å²) in [5.74, 6) is 1.27. The van der Waals surface area contributed by atoms with Crippen molar-refractivity contribution >= 4 is 11.6 Å². The lowest BCUT2D eigenvalue weighted by Crippen LogP contribution is -1.96. The van der Waals surface area contributed by atoms with Gasteiger partial charge in [0.2, 0.25) is 0 Å². The monoisotopic (exact) mass is 235 g/mol. The van der Waals surface area contributed by atoms with Crippen LogP contribution in [0, 0.1) is 6.92 Å². The van der Waals surface area contributed by atoms with Gasteiger partial charge in [-0.15, -0.1) is 0 Å². The topological polar surface area (TPSA) is 47.9 Å². The molecule has 2 rings (SSSR count). The average Bonchev–Trinajstić information content (AvgIpc) is 2.27. The highest BCUT2D eigenvalue weighted by molar-refractivity contribution is 6.29. The summed E-state index contributed by atoms with van der Waals surface area (Å²) >= 11 is 5.88. The molecule has 2 heterocycles. The minimum Gasteiger partial charge on any atom is -0.494 e. The van der Waals surface area contributed by atoms with Crippen molar-refractivity contribution in [2.24, 2.45) is 0 Å². The van der Waals surface area contributed by atoms with Gasteiger partial charge in [-0.25, -0.2) is 9.97 Å². The molecule has 2 aromatic heterocycles. The van der Waals surface area contributed by atoms with E-state index in [1.807, 2.05) is 6.07 Å². The molecule has 0 radical (unpaired) electrons. The summed E-state index contributed by atoms with van der Waals surface area (Å²) < 4.78 is 5.21. The van der Waals surface area contributed by atoms with Crippen LogP contribution >= 0.6 is 11.6 Å². The van der Waals surface area contributed by atoms with E-state index in [2.05, 4.69) is 15.0 Å². The zero-order valence-corrected chi connectivity index (χ0v) is 9.69. The lowest BCUT2D eigenvalue weighted by atomic mass is 10.2. The maximum absolute atomic E-state index is 5.88. The lowest BCUT2D eigenvalue weighted by Gasteiger charge is -2.06. The van der Waals surface area contributed by atoms with Gasteiger partial charge in [0.1, 0.15) is 22.4 Å². The van der Waals surface area contributed by atoms with Gasteiger partial charge in [-0.1, -0.05) is 11.6 Å². The molecule has 0 fully saturated rings. The van der Waals surface area contributed by atoms with Crippen molar-refractivity contribution in [3.8, 4) is 17.1 Å². The SMILES string of the molecule is COc1cccnc1-c1cc(Cl)nc(C)n1. The fourth-order valence-electron chi connectivity index (χ4n) is 1.40. The molecule has 0 bridgehead atoms. The van der Waals surface area contributed by atoms with Gasteiger partial charge in [-0.2, -0.15) is 0 Å². The first-order valence-corrected chi connectivity index (χ1v) is 5.09. The molecule has 0 aliphatic heterocycles.